The monoisotopic (exact) mass is 495 g/mol. The molecule has 2 N–H and O–H groups in total. The van der Waals surface area contributed by atoms with Gasteiger partial charge in [0, 0.05) is 24.7 Å². The van der Waals surface area contributed by atoms with Crippen LogP contribution < -0.4 is 15.4 Å². The second-order valence-electron chi connectivity index (χ2n) is 8.41. The van der Waals surface area contributed by atoms with Crippen molar-refractivity contribution < 1.29 is 22.7 Å². The van der Waals surface area contributed by atoms with E-state index in [0.717, 1.165) is 10.8 Å². The smallest absolute Gasteiger partial charge is 0.243 e. The molecule has 1 saturated heterocycles. The van der Waals surface area contributed by atoms with Crippen LogP contribution in [0.4, 0.5) is 5.69 Å². The van der Waals surface area contributed by atoms with Crippen LogP contribution in [0.3, 0.4) is 0 Å². The van der Waals surface area contributed by atoms with Crippen molar-refractivity contribution in [3.8, 4) is 5.75 Å². The van der Waals surface area contributed by atoms with Crippen molar-refractivity contribution >= 4 is 38.3 Å². The Balaban J connectivity index is 1.26. The standard InChI is InChI=1S/C26H29N3O5S/c1-2-34-23-10-8-22(9-11-23)28-25(30)18-27-26(31)20-13-15-29(16-14-20)35(32,33)24-12-7-19-5-3-4-6-21(19)17-24/h3-12,17,20H,2,13-16,18H2,1H3,(H,27,31)(H,28,30). The second kappa shape index (κ2) is 10.9. The summed E-state index contributed by atoms with van der Waals surface area (Å²) in [6, 6.07) is 19.7. The minimum Gasteiger partial charge on any atom is -0.494 e. The Morgan fingerprint density at radius 3 is 2.34 bits per heavy atom. The molecule has 0 radical (unpaired) electrons. The van der Waals surface area contributed by atoms with Crippen LogP contribution in [-0.2, 0) is 19.6 Å². The summed E-state index contributed by atoms with van der Waals surface area (Å²) in [5.74, 6) is -0.197. The van der Waals surface area contributed by atoms with Gasteiger partial charge in [-0.25, -0.2) is 8.42 Å². The number of hydrogen-bond acceptors (Lipinski definition) is 5. The molecule has 184 valence electrons. The minimum atomic E-state index is -3.64. The van der Waals surface area contributed by atoms with Gasteiger partial charge in [-0.05, 0) is 66.9 Å². The molecule has 8 nitrogen and oxygen atoms in total. The maximum atomic E-state index is 13.1. The zero-order valence-electron chi connectivity index (χ0n) is 19.6. The van der Waals surface area contributed by atoms with Crippen LogP contribution >= 0.6 is 0 Å². The van der Waals surface area contributed by atoms with Crippen LogP contribution in [0.1, 0.15) is 19.8 Å². The number of rotatable bonds is 8. The summed E-state index contributed by atoms with van der Waals surface area (Å²) in [5.41, 5.74) is 0.611. The molecular formula is C26H29N3O5S. The fourth-order valence-electron chi connectivity index (χ4n) is 4.15. The molecule has 0 bridgehead atoms. The number of hydrogen-bond donors (Lipinski definition) is 2. The quantitative estimate of drug-likeness (QED) is 0.498. The average Bonchev–Trinajstić information content (AvgIpc) is 2.88. The number of carbonyl (C=O) groups is 2. The summed E-state index contributed by atoms with van der Waals surface area (Å²) >= 11 is 0. The molecule has 4 rings (SSSR count). The van der Waals surface area contributed by atoms with Crippen molar-refractivity contribution in [3.63, 3.8) is 0 Å². The summed E-state index contributed by atoms with van der Waals surface area (Å²) in [4.78, 5) is 25.0. The molecule has 35 heavy (non-hydrogen) atoms. The Morgan fingerprint density at radius 2 is 1.66 bits per heavy atom. The molecule has 0 spiro atoms. The van der Waals surface area contributed by atoms with Crippen LogP contribution in [0.5, 0.6) is 5.75 Å². The van der Waals surface area contributed by atoms with Crippen molar-refractivity contribution in [2.75, 3.05) is 31.6 Å². The van der Waals surface area contributed by atoms with Crippen LogP contribution in [0.15, 0.2) is 71.6 Å². The highest BCUT2D eigenvalue weighted by Gasteiger charge is 2.32. The van der Waals surface area contributed by atoms with Gasteiger partial charge < -0.3 is 15.4 Å². The molecule has 1 heterocycles. The number of ether oxygens (including phenoxy) is 1. The Kier molecular flexibility index (Phi) is 7.67. The summed E-state index contributed by atoms with van der Waals surface area (Å²) in [6.45, 7) is 2.82. The van der Waals surface area contributed by atoms with Crippen LogP contribution in [-0.4, -0.2) is 50.8 Å². The van der Waals surface area contributed by atoms with Crippen molar-refractivity contribution in [3.05, 3.63) is 66.7 Å². The lowest BCUT2D eigenvalue weighted by molar-refractivity contribution is -0.128. The number of carbonyl (C=O) groups excluding carboxylic acids is 2. The van der Waals surface area contributed by atoms with E-state index >= 15 is 0 Å². The molecule has 9 heteroatoms. The van der Waals surface area contributed by atoms with E-state index in [4.69, 9.17) is 4.74 Å². The third kappa shape index (κ3) is 5.98. The third-order valence-corrected chi connectivity index (χ3v) is 7.95. The van der Waals surface area contributed by atoms with Gasteiger partial charge in [-0.2, -0.15) is 4.31 Å². The van der Waals surface area contributed by atoms with Gasteiger partial charge in [-0.3, -0.25) is 9.59 Å². The summed E-state index contributed by atoms with van der Waals surface area (Å²) in [6.07, 6.45) is 0.804. The first-order chi connectivity index (χ1) is 16.9. The van der Waals surface area contributed by atoms with Gasteiger partial charge in [0.25, 0.3) is 0 Å². The molecule has 0 atom stereocenters. The van der Waals surface area contributed by atoms with Crippen molar-refractivity contribution in [1.82, 2.24) is 9.62 Å². The maximum absolute atomic E-state index is 13.1. The van der Waals surface area contributed by atoms with E-state index in [1.165, 1.54) is 4.31 Å². The van der Waals surface area contributed by atoms with E-state index in [1.807, 2.05) is 31.2 Å². The van der Waals surface area contributed by atoms with Gasteiger partial charge in [0.15, 0.2) is 0 Å². The van der Waals surface area contributed by atoms with Gasteiger partial charge in [0.1, 0.15) is 5.75 Å². The SMILES string of the molecule is CCOc1ccc(NC(=O)CNC(=O)C2CCN(S(=O)(=O)c3ccc4ccccc4c3)CC2)cc1. The Morgan fingerprint density at radius 1 is 0.971 bits per heavy atom. The number of anilines is 1. The summed E-state index contributed by atoms with van der Waals surface area (Å²) < 4.78 is 33.0. The number of piperidine rings is 1. The van der Waals surface area contributed by atoms with E-state index in [-0.39, 0.29) is 42.3 Å². The van der Waals surface area contributed by atoms with Crippen LogP contribution in [0.2, 0.25) is 0 Å². The fraction of sp³-hybridized carbons (Fsp3) is 0.308. The lowest BCUT2D eigenvalue weighted by atomic mass is 9.97. The summed E-state index contributed by atoms with van der Waals surface area (Å²) in [7, 11) is -3.64. The van der Waals surface area contributed by atoms with E-state index in [2.05, 4.69) is 10.6 Å². The van der Waals surface area contributed by atoms with E-state index in [9.17, 15) is 18.0 Å². The number of sulfonamides is 1. The number of amides is 2. The number of benzene rings is 3. The Labute approximate surface area is 205 Å². The predicted octanol–water partition coefficient (Wildman–Crippen LogP) is 3.39. The van der Waals surface area contributed by atoms with Crippen LogP contribution in [0.25, 0.3) is 10.8 Å². The van der Waals surface area contributed by atoms with Gasteiger partial charge in [-0.15, -0.1) is 0 Å². The molecule has 0 aliphatic carbocycles. The predicted molar refractivity (Wildman–Crippen MR) is 135 cm³/mol. The third-order valence-electron chi connectivity index (χ3n) is 6.06. The average molecular weight is 496 g/mol. The second-order valence-corrected chi connectivity index (χ2v) is 10.3. The van der Waals surface area contributed by atoms with Crippen LogP contribution in [0, 0.1) is 5.92 Å². The van der Waals surface area contributed by atoms with E-state index in [0.29, 0.717) is 30.9 Å². The van der Waals surface area contributed by atoms with Crippen molar-refractivity contribution in [2.45, 2.75) is 24.7 Å². The fourth-order valence-corrected chi connectivity index (χ4v) is 5.66. The first kappa shape index (κ1) is 24.7. The minimum absolute atomic E-state index is 0.151. The van der Waals surface area contributed by atoms with Gasteiger partial charge in [0.05, 0.1) is 18.0 Å². The molecule has 3 aromatic carbocycles. The molecule has 1 fully saturated rings. The molecule has 1 aliphatic rings. The molecule has 0 saturated carbocycles. The number of nitrogens with one attached hydrogen (secondary N) is 2. The first-order valence-electron chi connectivity index (χ1n) is 11.7. The first-order valence-corrected chi connectivity index (χ1v) is 13.1. The molecule has 3 aromatic rings. The van der Waals surface area contributed by atoms with E-state index in [1.54, 1.807) is 42.5 Å². The summed E-state index contributed by atoms with van der Waals surface area (Å²) in [5, 5.41) is 7.24. The van der Waals surface area contributed by atoms with Gasteiger partial charge in [-0.1, -0.05) is 30.3 Å². The zero-order valence-corrected chi connectivity index (χ0v) is 20.4. The van der Waals surface area contributed by atoms with Crippen molar-refractivity contribution in [1.29, 1.82) is 0 Å². The molecule has 0 unspecified atom stereocenters. The highest BCUT2D eigenvalue weighted by molar-refractivity contribution is 7.89. The maximum Gasteiger partial charge on any atom is 0.243 e. The lowest BCUT2D eigenvalue weighted by Crippen LogP contribution is -2.44. The van der Waals surface area contributed by atoms with E-state index < -0.39 is 10.0 Å². The number of fused-ring (bicyclic) bond motifs is 1. The lowest BCUT2D eigenvalue weighted by Gasteiger charge is -2.30. The normalized spacial score (nSPS) is 15.0. The molecular weight excluding hydrogens is 466 g/mol. The number of nitrogens with zero attached hydrogens (tertiary/aromatic N) is 1. The Hall–Kier alpha value is -3.43. The van der Waals surface area contributed by atoms with Crippen molar-refractivity contribution in [2.24, 2.45) is 5.92 Å². The van der Waals surface area contributed by atoms with Gasteiger partial charge in [0.2, 0.25) is 21.8 Å². The zero-order chi connectivity index (χ0) is 24.8. The topological polar surface area (TPSA) is 105 Å². The Bertz CT molecular complexity index is 1300. The molecule has 1 aliphatic heterocycles. The highest BCUT2D eigenvalue weighted by Crippen LogP contribution is 2.26. The largest absolute Gasteiger partial charge is 0.494 e. The van der Waals surface area contributed by atoms with Gasteiger partial charge >= 0.3 is 0 Å². The highest BCUT2D eigenvalue weighted by atomic mass is 32.2. The molecule has 0 aromatic heterocycles. The molecule has 2 amide bonds.